The quantitative estimate of drug-likeness (QED) is 0.405. The van der Waals surface area contributed by atoms with E-state index in [9.17, 15) is 0 Å². The second kappa shape index (κ2) is 6.24. The second-order valence-electron chi connectivity index (χ2n) is 6.15. The number of nitrogens with zero attached hydrogens (tertiary/aromatic N) is 2. The van der Waals surface area contributed by atoms with Crippen LogP contribution in [0.2, 0.25) is 0 Å². The van der Waals surface area contributed by atoms with Gasteiger partial charge in [0.2, 0.25) is 4.77 Å². The lowest BCUT2D eigenvalue weighted by atomic mass is 10.0. The van der Waals surface area contributed by atoms with Crippen molar-refractivity contribution in [3.05, 3.63) is 75.2 Å². The number of aryl methyl sites for hydroxylation is 2. The predicted molar refractivity (Wildman–Crippen MR) is 108 cm³/mol. The fourth-order valence-electron chi connectivity index (χ4n) is 2.90. The minimum Gasteiger partial charge on any atom is -0.339 e. The Kier molecular flexibility index (Phi) is 4.06. The number of aromatic nitrogens is 3. The molecule has 0 radical (unpaired) electrons. The van der Waals surface area contributed by atoms with Crippen molar-refractivity contribution in [2.45, 2.75) is 13.8 Å². The van der Waals surface area contributed by atoms with Gasteiger partial charge in [0.1, 0.15) is 5.65 Å². The zero-order chi connectivity index (χ0) is 17.6. The Morgan fingerprint density at radius 3 is 2.44 bits per heavy atom. The first-order chi connectivity index (χ1) is 12.0. The van der Waals surface area contributed by atoms with Crippen LogP contribution < -0.4 is 0 Å². The number of nitrogens with one attached hydrogen (secondary N) is 1. The van der Waals surface area contributed by atoms with Crippen molar-refractivity contribution >= 4 is 33.8 Å². The van der Waals surface area contributed by atoms with Gasteiger partial charge in [0.05, 0.1) is 5.69 Å². The van der Waals surface area contributed by atoms with Gasteiger partial charge in [-0.2, -0.15) is 0 Å². The number of aromatic amines is 1. The van der Waals surface area contributed by atoms with Gasteiger partial charge in [-0.15, -0.1) is 0 Å². The number of hydrogen-bond donors (Lipinski definition) is 1. The highest BCUT2D eigenvalue weighted by molar-refractivity contribution is 9.10. The van der Waals surface area contributed by atoms with Crippen LogP contribution in [-0.2, 0) is 0 Å². The summed E-state index contributed by atoms with van der Waals surface area (Å²) in [5.74, 6) is 0. The minimum atomic E-state index is 0.544. The molecule has 0 aliphatic carbocycles. The van der Waals surface area contributed by atoms with Crippen molar-refractivity contribution in [2.75, 3.05) is 0 Å². The molecule has 0 bridgehead atoms. The van der Waals surface area contributed by atoms with E-state index >= 15 is 0 Å². The van der Waals surface area contributed by atoms with Gasteiger partial charge in [0, 0.05) is 22.4 Å². The third-order valence-electron chi connectivity index (χ3n) is 4.49. The number of benzene rings is 2. The molecule has 0 aliphatic heterocycles. The van der Waals surface area contributed by atoms with E-state index in [0.29, 0.717) is 4.77 Å². The van der Waals surface area contributed by atoms with Crippen LogP contribution in [0.1, 0.15) is 11.1 Å². The number of halogens is 1. The zero-order valence-corrected chi connectivity index (χ0v) is 16.3. The molecule has 0 saturated carbocycles. The summed E-state index contributed by atoms with van der Waals surface area (Å²) in [6.07, 6.45) is 3.86. The minimum absolute atomic E-state index is 0.544. The summed E-state index contributed by atoms with van der Waals surface area (Å²) in [5.41, 5.74) is 7.79. The second-order valence-corrected chi connectivity index (χ2v) is 7.43. The third kappa shape index (κ3) is 2.94. The highest BCUT2D eigenvalue weighted by Gasteiger charge is 2.11. The highest BCUT2D eigenvalue weighted by atomic mass is 79.9. The van der Waals surface area contributed by atoms with E-state index in [1.807, 2.05) is 28.9 Å². The van der Waals surface area contributed by atoms with Crippen LogP contribution in [0.5, 0.6) is 0 Å². The first-order valence-corrected chi connectivity index (χ1v) is 9.17. The molecule has 0 aliphatic rings. The normalized spacial score (nSPS) is 11.2. The van der Waals surface area contributed by atoms with Crippen LogP contribution in [0.15, 0.2) is 59.3 Å². The first kappa shape index (κ1) is 16.2. The lowest BCUT2D eigenvalue weighted by Gasteiger charge is -2.07. The monoisotopic (exact) mass is 409 g/mol. The lowest BCUT2D eigenvalue weighted by Crippen LogP contribution is -1.93. The van der Waals surface area contributed by atoms with Crippen molar-refractivity contribution < 1.29 is 0 Å². The fourth-order valence-corrected chi connectivity index (χ4v) is 3.36. The van der Waals surface area contributed by atoms with E-state index in [0.717, 1.165) is 32.5 Å². The summed E-state index contributed by atoms with van der Waals surface area (Å²) in [4.78, 5) is 7.92. The molecule has 0 fully saturated rings. The van der Waals surface area contributed by atoms with E-state index in [1.54, 1.807) is 0 Å². The Balaban J connectivity index is 1.94. The number of H-pyrrole nitrogens is 1. The Morgan fingerprint density at radius 1 is 1.00 bits per heavy atom. The summed E-state index contributed by atoms with van der Waals surface area (Å²) in [6.45, 7) is 4.24. The van der Waals surface area contributed by atoms with Gasteiger partial charge in [-0.05, 0) is 60.5 Å². The third-order valence-corrected chi connectivity index (χ3v) is 5.32. The maximum absolute atomic E-state index is 5.42. The molecule has 4 aromatic rings. The molecule has 4 rings (SSSR count). The number of hydrogen-bond acceptors (Lipinski definition) is 2. The van der Waals surface area contributed by atoms with Gasteiger partial charge in [-0.25, -0.2) is 4.98 Å². The van der Waals surface area contributed by atoms with E-state index in [4.69, 9.17) is 12.2 Å². The molecule has 0 saturated heterocycles. The fraction of sp³-hybridized carbons (Fsp3) is 0.100. The topological polar surface area (TPSA) is 33.1 Å². The van der Waals surface area contributed by atoms with Crippen LogP contribution in [0.3, 0.4) is 0 Å². The summed E-state index contributed by atoms with van der Waals surface area (Å²) < 4.78 is 3.54. The molecule has 5 heteroatoms. The SMILES string of the molecule is Cc1ccc(-c2cnc(=S)n3cc(-c4ccc(Br)cc4)[nH]c23)cc1C. The van der Waals surface area contributed by atoms with Crippen molar-refractivity contribution in [3.8, 4) is 22.4 Å². The Hall–Kier alpha value is -2.24. The molecular formula is C20H16BrN3S. The molecule has 2 aromatic heterocycles. The molecule has 1 N–H and O–H groups in total. The summed E-state index contributed by atoms with van der Waals surface area (Å²) in [7, 11) is 0. The summed E-state index contributed by atoms with van der Waals surface area (Å²) in [6, 6.07) is 14.7. The number of imidazole rings is 1. The standard InChI is InChI=1S/C20H16BrN3S/c1-12-3-4-15(9-13(12)2)17-10-22-20(25)24-11-18(23-19(17)24)14-5-7-16(21)8-6-14/h3-11,23H,1-2H3. The Labute approximate surface area is 159 Å². The predicted octanol–water partition coefficient (Wildman–Crippen LogP) is 6.11. The van der Waals surface area contributed by atoms with Gasteiger partial charge >= 0.3 is 0 Å². The molecule has 0 spiro atoms. The van der Waals surface area contributed by atoms with Crippen molar-refractivity contribution in [2.24, 2.45) is 0 Å². The van der Waals surface area contributed by atoms with E-state index < -0.39 is 0 Å². The molecule has 124 valence electrons. The van der Waals surface area contributed by atoms with E-state index in [2.05, 4.69) is 70.1 Å². The highest BCUT2D eigenvalue weighted by Crippen LogP contribution is 2.28. The molecule has 2 aromatic carbocycles. The van der Waals surface area contributed by atoms with E-state index in [1.165, 1.54) is 11.1 Å². The van der Waals surface area contributed by atoms with Gasteiger partial charge in [0.15, 0.2) is 0 Å². The number of rotatable bonds is 2. The van der Waals surface area contributed by atoms with Crippen molar-refractivity contribution in [1.29, 1.82) is 0 Å². The smallest absolute Gasteiger partial charge is 0.205 e. The molecule has 0 atom stereocenters. The maximum atomic E-state index is 5.42. The summed E-state index contributed by atoms with van der Waals surface area (Å²) in [5, 5.41) is 0. The van der Waals surface area contributed by atoms with Gasteiger partial charge in [-0.3, -0.25) is 4.40 Å². The summed E-state index contributed by atoms with van der Waals surface area (Å²) >= 11 is 8.90. The zero-order valence-electron chi connectivity index (χ0n) is 13.9. The molecule has 2 heterocycles. The Morgan fingerprint density at radius 2 is 1.72 bits per heavy atom. The van der Waals surface area contributed by atoms with Crippen LogP contribution in [-0.4, -0.2) is 14.4 Å². The molecule has 25 heavy (non-hydrogen) atoms. The maximum Gasteiger partial charge on any atom is 0.205 e. The van der Waals surface area contributed by atoms with Gasteiger partial charge < -0.3 is 4.98 Å². The Bertz CT molecular complexity index is 1140. The van der Waals surface area contributed by atoms with Crippen LogP contribution in [0.4, 0.5) is 0 Å². The average molecular weight is 410 g/mol. The van der Waals surface area contributed by atoms with Gasteiger partial charge in [0.25, 0.3) is 0 Å². The first-order valence-electron chi connectivity index (χ1n) is 7.97. The average Bonchev–Trinajstić information content (AvgIpc) is 3.05. The van der Waals surface area contributed by atoms with Crippen molar-refractivity contribution in [3.63, 3.8) is 0 Å². The van der Waals surface area contributed by atoms with Crippen molar-refractivity contribution in [1.82, 2.24) is 14.4 Å². The van der Waals surface area contributed by atoms with Crippen LogP contribution in [0, 0.1) is 18.6 Å². The molecular weight excluding hydrogens is 394 g/mol. The van der Waals surface area contributed by atoms with Crippen LogP contribution >= 0.6 is 28.1 Å². The van der Waals surface area contributed by atoms with Gasteiger partial charge in [-0.1, -0.05) is 46.3 Å². The van der Waals surface area contributed by atoms with E-state index in [-0.39, 0.29) is 0 Å². The largest absolute Gasteiger partial charge is 0.339 e. The number of fused-ring (bicyclic) bond motifs is 1. The lowest BCUT2D eigenvalue weighted by molar-refractivity contribution is 1.06. The molecule has 3 nitrogen and oxygen atoms in total. The van der Waals surface area contributed by atoms with Crippen LogP contribution in [0.25, 0.3) is 28.0 Å². The molecule has 0 unspecified atom stereocenters. The molecule has 0 amide bonds.